The third-order valence-electron chi connectivity index (χ3n) is 1.88. The molecule has 0 aliphatic carbocycles. The van der Waals surface area contributed by atoms with Crippen LogP contribution in [-0.4, -0.2) is 25.1 Å². The van der Waals surface area contributed by atoms with E-state index in [1.54, 1.807) is 36.2 Å². The Morgan fingerprint density at radius 2 is 2.00 bits per heavy atom. The van der Waals surface area contributed by atoms with E-state index in [9.17, 15) is 9.59 Å². The lowest BCUT2D eigenvalue weighted by molar-refractivity contribution is -0.106. The fraction of sp³-hybridized carbons (Fsp3) is 0.200. The van der Waals surface area contributed by atoms with Crippen LogP contribution >= 0.6 is 11.6 Å². The molecule has 0 aromatic heterocycles. The summed E-state index contributed by atoms with van der Waals surface area (Å²) in [4.78, 5) is 22.8. The average molecular weight is 212 g/mol. The highest BCUT2D eigenvalue weighted by molar-refractivity contribution is 6.67. The molecular formula is C10H10ClNO2. The van der Waals surface area contributed by atoms with Crippen molar-refractivity contribution in [3.8, 4) is 0 Å². The van der Waals surface area contributed by atoms with E-state index in [1.165, 1.54) is 0 Å². The van der Waals surface area contributed by atoms with Crippen molar-refractivity contribution in [2.75, 3.05) is 18.5 Å². The number of halogens is 1. The number of likely N-dealkylation sites (N-methyl/N-ethyl adjacent to an activating group) is 1. The Morgan fingerprint density at radius 1 is 1.43 bits per heavy atom. The van der Waals surface area contributed by atoms with Gasteiger partial charge in [0, 0.05) is 18.3 Å². The van der Waals surface area contributed by atoms with Gasteiger partial charge in [-0.25, -0.2) is 0 Å². The summed E-state index contributed by atoms with van der Waals surface area (Å²) in [5, 5.41) is -0.477. The molecule has 0 saturated carbocycles. The molecule has 0 amide bonds. The summed E-state index contributed by atoms with van der Waals surface area (Å²) in [6.07, 6.45) is 0.820. The van der Waals surface area contributed by atoms with Crippen LogP contribution in [0.2, 0.25) is 0 Å². The van der Waals surface area contributed by atoms with Crippen LogP contribution in [0.3, 0.4) is 0 Å². The van der Waals surface area contributed by atoms with Crippen molar-refractivity contribution in [3.63, 3.8) is 0 Å². The summed E-state index contributed by atoms with van der Waals surface area (Å²) >= 11 is 5.29. The number of carbonyl (C=O) groups is 2. The second-order valence-electron chi connectivity index (χ2n) is 2.87. The smallest absolute Gasteiger partial charge is 0.252 e. The molecule has 1 aromatic carbocycles. The van der Waals surface area contributed by atoms with Crippen molar-refractivity contribution in [2.24, 2.45) is 0 Å². The summed E-state index contributed by atoms with van der Waals surface area (Å²) < 4.78 is 0. The Morgan fingerprint density at radius 3 is 2.43 bits per heavy atom. The molecule has 0 spiro atoms. The van der Waals surface area contributed by atoms with Crippen LogP contribution < -0.4 is 4.90 Å². The molecule has 74 valence electrons. The van der Waals surface area contributed by atoms with Gasteiger partial charge < -0.3 is 9.69 Å². The average Bonchev–Trinajstić information content (AvgIpc) is 2.18. The number of hydrogen-bond acceptors (Lipinski definition) is 3. The van der Waals surface area contributed by atoms with Gasteiger partial charge in [-0.15, -0.1) is 0 Å². The number of hydrogen-bond donors (Lipinski definition) is 0. The number of anilines is 1. The fourth-order valence-electron chi connectivity index (χ4n) is 1.06. The van der Waals surface area contributed by atoms with Gasteiger partial charge in [0.15, 0.2) is 0 Å². The maximum atomic E-state index is 10.7. The van der Waals surface area contributed by atoms with E-state index in [4.69, 9.17) is 11.6 Å². The molecule has 3 nitrogen and oxygen atoms in total. The third kappa shape index (κ3) is 2.57. The quantitative estimate of drug-likeness (QED) is 0.562. The van der Waals surface area contributed by atoms with Crippen LogP contribution in [0, 0.1) is 0 Å². The second kappa shape index (κ2) is 4.77. The number of benzene rings is 1. The van der Waals surface area contributed by atoms with Crippen LogP contribution in [0.1, 0.15) is 10.4 Å². The van der Waals surface area contributed by atoms with Crippen LogP contribution in [0.4, 0.5) is 5.69 Å². The first-order chi connectivity index (χ1) is 6.65. The molecule has 0 heterocycles. The van der Waals surface area contributed by atoms with Gasteiger partial charge in [-0.2, -0.15) is 0 Å². The van der Waals surface area contributed by atoms with Gasteiger partial charge in [0.1, 0.15) is 6.29 Å². The lowest BCUT2D eigenvalue weighted by Crippen LogP contribution is -2.19. The van der Waals surface area contributed by atoms with Gasteiger partial charge in [-0.05, 0) is 35.9 Å². The van der Waals surface area contributed by atoms with Gasteiger partial charge >= 0.3 is 0 Å². The van der Waals surface area contributed by atoms with Gasteiger partial charge in [-0.1, -0.05) is 0 Å². The molecule has 0 aliphatic rings. The standard InChI is InChI=1S/C10H10ClNO2/c1-12(6-7-13)9-4-2-8(3-5-9)10(11)14/h2-5,7H,6H2,1H3. The van der Waals surface area contributed by atoms with E-state index < -0.39 is 5.24 Å². The molecule has 0 fully saturated rings. The van der Waals surface area contributed by atoms with E-state index in [0.717, 1.165) is 12.0 Å². The van der Waals surface area contributed by atoms with Crippen LogP contribution in [-0.2, 0) is 4.79 Å². The van der Waals surface area contributed by atoms with Gasteiger partial charge in [-0.3, -0.25) is 4.79 Å². The van der Waals surface area contributed by atoms with Crippen LogP contribution in [0.25, 0.3) is 0 Å². The molecule has 0 bridgehead atoms. The number of rotatable bonds is 4. The summed E-state index contributed by atoms with van der Waals surface area (Å²) in [6.45, 7) is 0.328. The third-order valence-corrected chi connectivity index (χ3v) is 2.10. The minimum Gasteiger partial charge on any atom is -0.368 e. The molecule has 14 heavy (non-hydrogen) atoms. The lowest BCUT2D eigenvalue weighted by Gasteiger charge is -2.15. The molecule has 0 saturated heterocycles. The predicted octanol–water partition coefficient (Wildman–Crippen LogP) is 1.70. The molecule has 4 heteroatoms. The van der Waals surface area contributed by atoms with Crippen molar-refractivity contribution in [1.82, 2.24) is 0 Å². The van der Waals surface area contributed by atoms with Crippen molar-refractivity contribution in [3.05, 3.63) is 29.8 Å². The molecule has 1 aromatic rings. The Hall–Kier alpha value is -1.35. The number of carbonyl (C=O) groups excluding carboxylic acids is 2. The molecule has 0 N–H and O–H groups in total. The minimum atomic E-state index is -0.477. The minimum absolute atomic E-state index is 0.328. The molecule has 0 aliphatic heterocycles. The summed E-state index contributed by atoms with van der Waals surface area (Å²) in [5.74, 6) is 0. The lowest BCUT2D eigenvalue weighted by atomic mass is 10.2. The highest BCUT2D eigenvalue weighted by atomic mass is 35.5. The first kappa shape index (κ1) is 10.7. The Labute approximate surface area is 87.3 Å². The Bertz CT molecular complexity index is 334. The van der Waals surface area contributed by atoms with E-state index in [1.807, 2.05) is 0 Å². The highest BCUT2D eigenvalue weighted by Gasteiger charge is 2.03. The SMILES string of the molecule is CN(CC=O)c1ccc(C(=O)Cl)cc1. The first-order valence-electron chi connectivity index (χ1n) is 4.10. The number of aldehydes is 1. The van der Waals surface area contributed by atoms with Crippen molar-refractivity contribution in [2.45, 2.75) is 0 Å². The van der Waals surface area contributed by atoms with Crippen molar-refractivity contribution in [1.29, 1.82) is 0 Å². The van der Waals surface area contributed by atoms with E-state index in [-0.39, 0.29) is 0 Å². The first-order valence-corrected chi connectivity index (χ1v) is 4.47. The maximum absolute atomic E-state index is 10.7. The zero-order chi connectivity index (χ0) is 10.6. The van der Waals surface area contributed by atoms with Crippen LogP contribution in [0.15, 0.2) is 24.3 Å². The highest BCUT2D eigenvalue weighted by Crippen LogP contribution is 2.14. The largest absolute Gasteiger partial charge is 0.368 e. The summed E-state index contributed by atoms with van der Waals surface area (Å²) in [6, 6.07) is 6.76. The van der Waals surface area contributed by atoms with Gasteiger partial charge in [0.25, 0.3) is 5.24 Å². The fourth-order valence-corrected chi connectivity index (χ4v) is 1.19. The molecule has 1 rings (SSSR count). The predicted molar refractivity (Wildman–Crippen MR) is 56.0 cm³/mol. The van der Waals surface area contributed by atoms with Crippen LogP contribution in [0.5, 0.6) is 0 Å². The van der Waals surface area contributed by atoms with E-state index in [2.05, 4.69) is 0 Å². The zero-order valence-electron chi connectivity index (χ0n) is 7.74. The Balaban J connectivity index is 2.82. The zero-order valence-corrected chi connectivity index (χ0v) is 8.49. The number of nitrogens with zero attached hydrogens (tertiary/aromatic N) is 1. The second-order valence-corrected chi connectivity index (χ2v) is 3.21. The summed E-state index contributed by atoms with van der Waals surface area (Å²) in [7, 11) is 1.80. The molecule has 0 unspecified atom stereocenters. The molecule has 0 radical (unpaired) electrons. The van der Waals surface area contributed by atoms with Crippen molar-refractivity contribution < 1.29 is 9.59 Å². The molecule has 0 atom stereocenters. The molecular weight excluding hydrogens is 202 g/mol. The van der Waals surface area contributed by atoms with Gasteiger partial charge in [0.2, 0.25) is 0 Å². The van der Waals surface area contributed by atoms with E-state index in [0.29, 0.717) is 12.1 Å². The van der Waals surface area contributed by atoms with Gasteiger partial charge in [0.05, 0.1) is 6.54 Å². The van der Waals surface area contributed by atoms with E-state index >= 15 is 0 Å². The topological polar surface area (TPSA) is 37.4 Å². The normalized spacial score (nSPS) is 9.57. The summed E-state index contributed by atoms with van der Waals surface area (Å²) in [5.41, 5.74) is 1.33. The Kier molecular flexibility index (Phi) is 3.65. The maximum Gasteiger partial charge on any atom is 0.252 e. The van der Waals surface area contributed by atoms with Crippen molar-refractivity contribution >= 4 is 28.8 Å². The monoisotopic (exact) mass is 211 g/mol.